The second kappa shape index (κ2) is 6.27. The number of hydrogen-bond acceptors (Lipinski definition) is 4. The summed E-state index contributed by atoms with van der Waals surface area (Å²) in [6, 6.07) is 6.47. The van der Waals surface area contributed by atoms with Crippen molar-refractivity contribution in [1.82, 2.24) is 10.2 Å². The second-order valence-corrected chi connectivity index (χ2v) is 4.72. The maximum Gasteiger partial charge on any atom is 0.261 e. The Balaban J connectivity index is 1.91. The number of nitrogens with two attached hydrogens (primary N) is 1. The van der Waals surface area contributed by atoms with E-state index in [0.29, 0.717) is 24.4 Å². The van der Waals surface area contributed by atoms with E-state index in [0.717, 1.165) is 6.42 Å². The molecule has 2 rings (SSSR count). The van der Waals surface area contributed by atoms with E-state index in [1.54, 1.807) is 36.2 Å². The Morgan fingerprint density at radius 1 is 1.40 bits per heavy atom. The second-order valence-electron chi connectivity index (χ2n) is 4.72. The topological polar surface area (TPSA) is 84.7 Å². The molecule has 0 spiro atoms. The van der Waals surface area contributed by atoms with E-state index in [-0.39, 0.29) is 24.5 Å². The number of benzene rings is 1. The Hall–Kier alpha value is -2.24. The fraction of sp³-hybridized carbons (Fsp3) is 0.429. The molecule has 3 N–H and O–H groups in total. The molecule has 20 heavy (non-hydrogen) atoms. The highest BCUT2D eigenvalue weighted by molar-refractivity contribution is 5.88. The van der Waals surface area contributed by atoms with Gasteiger partial charge in [-0.15, -0.1) is 0 Å². The molecule has 1 fully saturated rings. The van der Waals surface area contributed by atoms with Crippen molar-refractivity contribution in [3.05, 3.63) is 24.3 Å². The molecule has 6 heteroatoms. The minimum absolute atomic E-state index is 0.0720. The van der Waals surface area contributed by atoms with Crippen LogP contribution in [0.4, 0.5) is 5.69 Å². The number of carbonyl (C=O) groups is 2. The summed E-state index contributed by atoms with van der Waals surface area (Å²) < 4.78 is 5.42. The van der Waals surface area contributed by atoms with Gasteiger partial charge in [-0.05, 0) is 37.1 Å². The highest BCUT2D eigenvalue weighted by atomic mass is 16.5. The third-order valence-electron chi connectivity index (χ3n) is 3.36. The van der Waals surface area contributed by atoms with Crippen molar-refractivity contribution in [2.24, 2.45) is 0 Å². The number of amides is 2. The lowest BCUT2D eigenvalue weighted by Gasteiger charge is -2.23. The molecular weight excluding hydrogens is 258 g/mol. The maximum absolute atomic E-state index is 12.1. The summed E-state index contributed by atoms with van der Waals surface area (Å²) in [6.07, 6.45) is 1.54. The lowest BCUT2D eigenvalue weighted by molar-refractivity contribution is -0.139. The molecule has 1 saturated heterocycles. The van der Waals surface area contributed by atoms with E-state index in [1.807, 2.05) is 0 Å². The van der Waals surface area contributed by atoms with Crippen LogP contribution in [-0.2, 0) is 9.59 Å². The van der Waals surface area contributed by atoms with Crippen LogP contribution in [-0.4, -0.2) is 43.0 Å². The number of nitrogens with one attached hydrogen (secondary N) is 1. The van der Waals surface area contributed by atoms with Crippen molar-refractivity contribution >= 4 is 17.5 Å². The molecular formula is C14H19N3O3. The van der Waals surface area contributed by atoms with Crippen LogP contribution < -0.4 is 15.8 Å². The first-order valence-electron chi connectivity index (χ1n) is 6.61. The summed E-state index contributed by atoms with van der Waals surface area (Å²) >= 11 is 0. The number of hydrogen-bond donors (Lipinski definition) is 2. The molecule has 1 aromatic carbocycles. The van der Waals surface area contributed by atoms with Gasteiger partial charge in [-0.3, -0.25) is 9.59 Å². The lowest BCUT2D eigenvalue weighted by atomic mass is 10.2. The van der Waals surface area contributed by atoms with Gasteiger partial charge < -0.3 is 20.7 Å². The maximum atomic E-state index is 12.1. The van der Waals surface area contributed by atoms with Gasteiger partial charge in [-0.25, -0.2) is 0 Å². The summed E-state index contributed by atoms with van der Waals surface area (Å²) in [5, 5.41) is 2.58. The largest absolute Gasteiger partial charge is 0.484 e. The Kier molecular flexibility index (Phi) is 4.45. The Bertz CT molecular complexity index is 487. The van der Waals surface area contributed by atoms with E-state index in [1.165, 1.54) is 0 Å². The average Bonchev–Trinajstić information content (AvgIpc) is 2.95. The van der Waals surface area contributed by atoms with Crippen molar-refractivity contribution < 1.29 is 14.3 Å². The standard InChI is InChI=1S/C14H19N3O3/c1-16-14(19)12-3-2-8-17(12)13(18)9-20-11-6-4-10(15)5-7-11/h4-7,12H,2-3,8-9,15H2,1H3,(H,16,19). The molecule has 0 saturated carbocycles. The fourth-order valence-electron chi connectivity index (χ4n) is 2.30. The molecule has 0 radical (unpaired) electrons. The lowest BCUT2D eigenvalue weighted by Crippen LogP contribution is -2.46. The van der Waals surface area contributed by atoms with Crippen molar-refractivity contribution in [2.45, 2.75) is 18.9 Å². The molecule has 1 atom stereocenters. The molecule has 1 aliphatic heterocycles. The van der Waals surface area contributed by atoms with Gasteiger partial charge in [0.25, 0.3) is 5.91 Å². The van der Waals surface area contributed by atoms with Crippen LogP contribution in [0, 0.1) is 0 Å². The molecule has 2 amide bonds. The number of anilines is 1. The van der Waals surface area contributed by atoms with E-state index >= 15 is 0 Å². The van der Waals surface area contributed by atoms with Crippen molar-refractivity contribution in [3.8, 4) is 5.75 Å². The van der Waals surface area contributed by atoms with Gasteiger partial charge in [-0.1, -0.05) is 0 Å². The number of rotatable bonds is 4. The highest BCUT2D eigenvalue weighted by Gasteiger charge is 2.33. The van der Waals surface area contributed by atoms with Gasteiger partial charge in [0.05, 0.1) is 0 Å². The van der Waals surface area contributed by atoms with Crippen LogP contribution in [0.2, 0.25) is 0 Å². The van der Waals surface area contributed by atoms with E-state index in [2.05, 4.69) is 5.32 Å². The SMILES string of the molecule is CNC(=O)C1CCCN1C(=O)COc1ccc(N)cc1. The third kappa shape index (κ3) is 3.20. The molecule has 1 aliphatic rings. The number of ether oxygens (including phenoxy) is 1. The first kappa shape index (κ1) is 14.2. The Labute approximate surface area is 117 Å². The van der Waals surface area contributed by atoms with Crippen LogP contribution >= 0.6 is 0 Å². The smallest absolute Gasteiger partial charge is 0.261 e. The van der Waals surface area contributed by atoms with Crippen LogP contribution in [0.25, 0.3) is 0 Å². The molecule has 1 heterocycles. The zero-order chi connectivity index (χ0) is 14.5. The predicted octanol–water partition coefficient (Wildman–Crippen LogP) is 0.385. The number of nitrogens with zero attached hydrogens (tertiary/aromatic N) is 1. The predicted molar refractivity (Wildman–Crippen MR) is 75.2 cm³/mol. The van der Waals surface area contributed by atoms with Gasteiger partial charge in [-0.2, -0.15) is 0 Å². The zero-order valence-corrected chi connectivity index (χ0v) is 11.5. The third-order valence-corrected chi connectivity index (χ3v) is 3.36. The summed E-state index contributed by atoms with van der Waals surface area (Å²) in [7, 11) is 1.58. The molecule has 1 aromatic rings. The normalized spacial score (nSPS) is 17.9. The van der Waals surface area contributed by atoms with Gasteiger partial charge in [0.1, 0.15) is 11.8 Å². The zero-order valence-electron chi connectivity index (χ0n) is 11.5. The number of nitrogen functional groups attached to an aromatic ring is 1. The van der Waals surface area contributed by atoms with E-state index < -0.39 is 0 Å². The first-order chi connectivity index (χ1) is 9.61. The monoisotopic (exact) mass is 277 g/mol. The average molecular weight is 277 g/mol. The van der Waals surface area contributed by atoms with Crippen LogP contribution in [0.1, 0.15) is 12.8 Å². The van der Waals surface area contributed by atoms with Crippen molar-refractivity contribution in [1.29, 1.82) is 0 Å². The summed E-state index contributed by atoms with van der Waals surface area (Å²) in [4.78, 5) is 25.4. The number of carbonyl (C=O) groups excluding carboxylic acids is 2. The number of likely N-dealkylation sites (tertiary alicyclic amines) is 1. The van der Waals surface area contributed by atoms with Crippen LogP contribution in [0.3, 0.4) is 0 Å². The first-order valence-corrected chi connectivity index (χ1v) is 6.61. The van der Waals surface area contributed by atoms with Gasteiger partial charge in [0.15, 0.2) is 6.61 Å². The summed E-state index contributed by atoms with van der Waals surface area (Å²) in [5.41, 5.74) is 6.22. The minimum Gasteiger partial charge on any atom is -0.484 e. The molecule has 6 nitrogen and oxygen atoms in total. The molecule has 0 aliphatic carbocycles. The van der Waals surface area contributed by atoms with Gasteiger partial charge in [0, 0.05) is 19.3 Å². The Morgan fingerprint density at radius 2 is 2.10 bits per heavy atom. The molecule has 0 aromatic heterocycles. The van der Waals surface area contributed by atoms with Crippen LogP contribution in [0.15, 0.2) is 24.3 Å². The fourth-order valence-corrected chi connectivity index (χ4v) is 2.30. The van der Waals surface area contributed by atoms with Crippen LogP contribution in [0.5, 0.6) is 5.75 Å². The highest BCUT2D eigenvalue weighted by Crippen LogP contribution is 2.18. The minimum atomic E-state index is -0.373. The summed E-state index contributed by atoms with van der Waals surface area (Å²) in [6.45, 7) is 0.527. The van der Waals surface area contributed by atoms with Gasteiger partial charge in [0.2, 0.25) is 5.91 Å². The summed E-state index contributed by atoms with van der Waals surface area (Å²) in [5.74, 6) is 0.291. The van der Waals surface area contributed by atoms with Crippen molar-refractivity contribution in [3.63, 3.8) is 0 Å². The van der Waals surface area contributed by atoms with Crippen molar-refractivity contribution in [2.75, 3.05) is 25.9 Å². The van der Waals surface area contributed by atoms with E-state index in [9.17, 15) is 9.59 Å². The Morgan fingerprint density at radius 3 is 2.75 bits per heavy atom. The molecule has 1 unspecified atom stereocenters. The molecule has 0 bridgehead atoms. The quantitative estimate of drug-likeness (QED) is 0.779. The molecule has 108 valence electrons. The van der Waals surface area contributed by atoms with E-state index in [4.69, 9.17) is 10.5 Å². The van der Waals surface area contributed by atoms with Gasteiger partial charge >= 0.3 is 0 Å². The number of likely N-dealkylation sites (N-methyl/N-ethyl adjacent to an activating group) is 1.